The van der Waals surface area contributed by atoms with Crippen molar-refractivity contribution < 1.29 is 27.4 Å². The van der Waals surface area contributed by atoms with Crippen LogP contribution in [0.25, 0.3) is 10.9 Å². The lowest BCUT2D eigenvalue weighted by atomic mass is 10.0. The number of aromatic nitrogens is 2. The van der Waals surface area contributed by atoms with Crippen LogP contribution >= 0.6 is 0 Å². The summed E-state index contributed by atoms with van der Waals surface area (Å²) in [6, 6.07) is 6.70. The summed E-state index contributed by atoms with van der Waals surface area (Å²) in [5.74, 6) is 2.14. The third-order valence-corrected chi connectivity index (χ3v) is 7.40. The number of aryl methyl sites for hydroxylation is 1. The van der Waals surface area contributed by atoms with Gasteiger partial charge in [0.05, 0.1) is 44.1 Å². The summed E-state index contributed by atoms with van der Waals surface area (Å²) in [5.41, 5.74) is 6.20. The Balaban J connectivity index is 1.40. The number of halogens is 3. The fourth-order valence-corrected chi connectivity index (χ4v) is 5.00. The number of alkyl halides is 3. The summed E-state index contributed by atoms with van der Waals surface area (Å²) in [4.78, 5) is 11.5. The number of ether oxygens (including phenoxy) is 3. The fourth-order valence-electron chi connectivity index (χ4n) is 5.00. The average molecular weight is 546 g/mol. The highest BCUT2D eigenvalue weighted by Gasteiger charge is 2.45. The van der Waals surface area contributed by atoms with Gasteiger partial charge >= 0.3 is 6.18 Å². The van der Waals surface area contributed by atoms with Crippen LogP contribution in [-0.4, -0.2) is 61.4 Å². The molecule has 1 unspecified atom stereocenters. The number of methoxy groups -OCH3 is 1. The van der Waals surface area contributed by atoms with Crippen molar-refractivity contribution >= 4 is 22.4 Å². The quantitative estimate of drug-likeness (QED) is 0.354. The van der Waals surface area contributed by atoms with E-state index in [1.54, 1.807) is 27.0 Å². The monoisotopic (exact) mass is 545 g/mol. The van der Waals surface area contributed by atoms with Gasteiger partial charge in [0.25, 0.3) is 0 Å². The van der Waals surface area contributed by atoms with Crippen LogP contribution < -0.4 is 20.5 Å². The largest absolute Gasteiger partial charge is 0.493 e. The van der Waals surface area contributed by atoms with E-state index in [1.165, 1.54) is 6.07 Å². The summed E-state index contributed by atoms with van der Waals surface area (Å²) in [5, 5.41) is 3.94. The third kappa shape index (κ3) is 6.30. The molecule has 39 heavy (non-hydrogen) atoms. The molecule has 2 fully saturated rings. The standard InChI is InChI=1S/C28H34F3N5O3/c1-17(19-10-20(28(29,30)31)12-21(32)11-19)33-26-22-13-25(24(37-3)14-23(22)34-18(2)35-26)39-16-27(4-5-27)15-36-6-8-38-9-7-36/h10-14,17H,4-9,15-16,32H2,1-3H3,(H,33,34,35). The zero-order valence-corrected chi connectivity index (χ0v) is 22.4. The summed E-state index contributed by atoms with van der Waals surface area (Å²) >= 11 is 0. The summed E-state index contributed by atoms with van der Waals surface area (Å²) in [7, 11) is 1.59. The van der Waals surface area contributed by atoms with Crippen molar-refractivity contribution in [2.75, 3.05) is 57.6 Å². The predicted molar refractivity (Wildman–Crippen MR) is 143 cm³/mol. The fraction of sp³-hybridized carbons (Fsp3) is 0.500. The molecule has 0 amide bonds. The van der Waals surface area contributed by atoms with Crippen LogP contribution in [0, 0.1) is 12.3 Å². The Kier molecular flexibility index (Phi) is 7.47. The van der Waals surface area contributed by atoms with Gasteiger partial charge in [-0.05, 0) is 56.5 Å². The number of morpholine rings is 1. The van der Waals surface area contributed by atoms with Gasteiger partial charge in [0, 0.05) is 42.2 Å². The molecular weight excluding hydrogens is 511 g/mol. The van der Waals surface area contributed by atoms with Gasteiger partial charge in [0.1, 0.15) is 11.6 Å². The molecule has 0 radical (unpaired) electrons. The topological polar surface area (TPSA) is 94.8 Å². The molecule has 2 aromatic carbocycles. The van der Waals surface area contributed by atoms with E-state index in [1.807, 2.05) is 6.07 Å². The van der Waals surface area contributed by atoms with E-state index in [2.05, 4.69) is 20.2 Å². The van der Waals surface area contributed by atoms with Crippen molar-refractivity contribution in [3.8, 4) is 11.5 Å². The van der Waals surface area contributed by atoms with Crippen LogP contribution in [0.5, 0.6) is 11.5 Å². The van der Waals surface area contributed by atoms with Crippen LogP contribution in [0.4, 0.5) is 24.7 Å². The van der Waals surface area contributed by atoms with Gasteiger partial charge in [-0.15, -0.1) is 0 Å². The lowest BCUT2D eigenvalue weighted by Crippen LogP contribution is -2.41. The number of nitrogens with two attached hydrogens (primary N) is 1. The first kappa shape index (κ1) is 27.3. The third-order valence-electron chi connectivity index (χ3n) is 7.40. The molecule has 2 heterocycles. The van der Waals surface area contributed by atoms with E-state index in [4.69, 9.17) is 19.9 Å². The molecule has 1 saturated heterocycles. The molecule has 1 saturated carbocycles. The number of anilines is 2. The zero-order valence-electron chi connectivity index (χ0n) is 22.4. The molecule has 210 valence electrons. The molecule has 8 nitrogen and oxygen atoms in total. The van der Waals surface area contributed by atoms with Crippen molar-refractivity contribution in [2.24, 2.45) is 5.41 Å². The van der Waals surface area contributed by atoms with Crippen LogP contribution in [-0.2, 0) is 10.9 Å². The number of fused-ring (bicyclic) bond motifs is 1. The maximum atomic E-state index is 13.4. The summed E-state index contributed by atoms with van der Waals surface area (Å²) < 4.78 is 57.6. The molecule has 0 spiro atoms. The van der Waals surface area contributed by atoms with Crippen LogP contribution in [0.3, 0.4) is 0 Å². The second kappa shape index (κ2) is 10.7. The van der Waals surface area contributed by atoms with E-state index in [0.29, 0.717) is 46.2 Å². The first-order valence-electron chi connectivity index (χ1n) is 13.1. The minimum Gasteiger partial charge on any atom is -0.493 e. The van der Waals surface area contributed by atoms with Gasteiger partial charge in [-0.1, -0.05) is 0 Å². The lowest BCUT2D eigenvalue weighted by Gasteiger charge is -2.30. The Morgan fingerprint density at radius 1 is 1.10 bits per heavy atom. The van der Waals surface area contributed by atoms with Gasteiger partial charge in [-0.3, -0.25) is 4.90 Å². The van der Waals surface area contributed by atoms with E-state index < -0.39 is 17.8 Å². The second-order valence-corrected chi connectivity index (χ2v) is 10.6. The van der Waals surface area contributed by atoms with Gasteiger partial charge in [0.2, 0.25) is 0 Å². The Bertz CT molecular complexity index is 1340. The molecule has 1 aliphatic heterocycles. The number of nitrogens with zero attached hydrogens (tertiary/aromatic N) is 3. The average Bonchev–Trinajstić information content (AvgIpc) is 3.66. The number of nitrogens with one attached hydrogen (secondary N) is 1. The number of hydrogen-bond acceptors (Lipinski definition) is 8. The predicted octanol–water partition coefficient (Wildman–Crippen LogP) is 5.21. The van der Waals surface area contributed by atoms with Crippen LogP contribution in [0.15, 0.2) is 30.3 Å². The summed E-state index contributed by atoms with van der Waals surface area (Å²) in [6.07, 6.45) is -2.29. The minimum atomic E-state index is -4.49. The number of benzene rings is 2. The maximum absolute atomic E-state index is 13.4. The summed E-state index contributed by atoms with van der Waals surface area (Å²) in [6.45, 7) is 8.44. The Hall–Kier alpha value is -3.31. The maximum Gasteiger partial charge on any atom is 0.416 e. The van der Waals surface area contributed by atoms with E-state index in [-0.39, 0.29) is 11.1 Å². The van der Waals surface area contributed by atoms with Gasteiger partial charge in [0.15, 0.2) is 11.5 Å². The molecule has 5 rings (SSSR count). The van der Waals surface area contributed by atoms with Crippen LogP contribution in [0.2, 0.25) is 0 Å². The molecular formula is C28H34F3N5O3. The van der Waals surface area contributed by atoms with Crippen molar-refractivity contribution in [2.45, 2.75) is 38.9 Å². The van der Waals surface area contributed by atoms with Gasteiger partial charge in [-0.25, -0.2) is 9.97 Å². The van der Waals surface area contributed by atoms with E-state index in [9.17, 15) is 13.2 Å². The Morgan fingerprint density at radius 3 is 2.51 bits per heavy atom. The molecule has 1 aromatic heterocycles. The normalized spacial score (nSPS) is 18.1. The first-order valence-corrected chi connectivity index (χ1v) is 13.1. The molecule has 3 aromatic rings. The number of nitrogen functional groups attached to an aromatic ring is 1. The second-order valence-electron chi connectivity index (χ2n) is 10.6. The van der Waals surface area contributed by atoms with Gasteiger partial charge < -0.3 is 25.3 Å². The van der Waals surface area contributed by atoms with E-state index >= 15 is 0 Å². The molecule has 2 aliphatic rings. The highest BCUT2D eigenvalue weighted by Crippen LogP contribution is 2.47. The SMILES string of the molecule is COc1cc2nc(C)nc(NC(C)c3cc(N)cc(C(F)(F)F)c3)c2cc1OCC1(CN2CCOCC2)CC1. The minimum absolute atomic E-state index is 0.0451. The number of hydrogen-bond donors (Lipinski definition) is 2. The van der Waals surface area contributed by atoms with Crippen LogP contribution in [0.1, 0.15) is 42.8 Å². The van der Waals surface area contributed by atoms with Crippen molar-refractivity contribution in [1.82, 2.24) is 14.9 Å². The van der Waals surface area contributed by atoms with Gasteiger partial charge in [-0.2, -0.15) is 13.2 Å². The lowest BCUT2D eigenvalue weighted by molar-refractivity contribution is -0.137. The molecule has 11 heteroatoms. The first-order chi connectivity index (χ1) is 18.5. The number of rotatable bonds is 9. The highest BCUT2D eigenvalue weighted by atomic mass is 19.4. The molecule has 1 aliphatic carbocycles. The Labute approximate surface area is 225 Å². The van der Waals surface area contributed by atoms with Crippen molar-refractivity contribution in [3.63, 3.8) is 0 Å². The smallest absolute Gasteiger partial charge is 0.416 e. The molecule has 1 atom stereocenters. The van der Waals surface area contributed by atoms with Crippen molar-refractivity contribution in [3.05, 3.63) is 47.3 Å². The zero-order chi connectivity index (χ0) is 27.8. The molecule has 0 bridgehead atoms. The van der Waals surface area contributed by atoms with Crippen molar-refractivity contribution in [1.29, 1.82) is 0 Å². The Morgan fingerprint density at radius 2 is 1.85 bits per heavy atom. The molecule has 3 N–H and O–H groups in total. The highest BCUT2D eigenvalue weighted by molar-refractivity contribution is 5.92. The van der Waals surface area contributed by atoms with E-state index in [0.717, 1.165) is 57.8 Å².